The fourth-order valence-electron chi connectivity index (χ4n) is 3.08. The van der Waals surface area contributed by atoms with Gasteiger partial charge in [-0.1, -0.05) is 11.6 Å². The Morgan fingerprint density at radius 3 is 3.09 bits per heavy atom. The van der Waals surface area contributed by atoms with E-state index in [1.165, 1.54) is 6.33 Å². The predicted molar refractivity (Wildman–Crippen MR) is 82.4 cm³/mol. The number of rotatable bonds is 3. The van der Waals surface area contributed by atoms with E-state index >= 15 is 0 Å². The van der Waals surface area contributed by atoms with Crippen LogP contribution in [0, 0.1) is 0 Å². The van der Waals surface area contributed by atoms with Crippen molar-refractivity contribution in [1.29, 1.82) is 0 Å². The Bertz CT molecular complexity index is 705. The summed E-state index contributed by atoms with van der Waals surface area (Å²) in [6.45, 7) is 2.17. The topological polar surface area (TPSA) is 66.4 Å². The number of aromatic nitrogens is 3. The van der Waals surface area contributed by atoms with Crippen molar-refractivity contribution < 1.29 is 14.2 Å². The minimum absolute atomic E-state index is 0.361. The molecular weight excluding hydrogens is 318 g/mol. The molecular formula is C16H16ClN3O3. The highest BCUT2D eigenvalue weighted by atomic mass is 35.5. The first-order valence-electron chi connectivity index (χ1n) is 7.56. The zero-order chi connectivity index (χ0) is 15.7. The van der Waals surface area contributed by atoms with Gasteiger partial charge in [-0.05, 0) is 6.07 Å². The molecule has 1 saturated heterocycles. The van der Waals surface area contributed by atoms with Gasteiger partial charge in [0, 0.05) is 37.3 Å². The van der Waals surface area contributed by atoms with Gasteiger partial charge in [-0.2, -0.15) is 0 Å². The van der Waals surface area contributed by atoms with E-state index in [2.05, 4.69) is 15.0 Å². The maximum Gasteiger partial charge on any atom is 0.136 e. The Morgan fingerprint density at radius 1 is 1.35 bits per heavy atom. The first-order valence-corrected chi connectivity index (χ1v) is 7.94. The first kappa shape index (κ1) is 14.8. The van der Waals surface area contributed by atoms with Crippen LogP contribution in [0.15, 0.2) is 24.7 Å². The highest BCUT2D eigenvalue weighted by Gasteiger charge is 2.44. The number of hydrogen-bond acceptors (Lipinski definition) is 6. The standard InChI is InChI=1S/C16H16ClN3O3/c17-14-7-13(22-8-11-1-4-18-10-19-11)12-2-5-23-16(15(12)20-14)3-6-21-9-16/h1,4,7,10H,2-3,5-6,8-9H2. The molecule has 1 spiro atoms. The zero-order valence-corrected chi connectivity index (χ0v) is 13.3. The second kappa shape index (κ2) is 6.03. The number of halogens is 1. The molecule has 0 aliphatic carbocycles. The van der Waals surface area contributed by atoms with Crippen molar-refractivity contribution in [2.24, 2.45) is 0 Å². The average molecular weight is 334 g/mol. The van der Waals surface area contributed by atoms with E-state index in [-0.39, 0.29) is 0 Å². The second-order valence-corrected chi connectivity index (χ2v) is 6.04. The van der Waals surface area contributed by atoms with Gasteiger partial charge in [0.25, 0.3) is 0 Å². The molecule has 1 atom stereocenters. The lowest BCUT2D eigenvalue weighted by Gasteiger charge is -2.34. The molecule has 2 aromatic heterocycles. The van der Waals surface area contributed by atoms with Crippen LogP contribution in [0.2, 0.25) is 5.15 Å². The lowest BCUT2D eigenvalue weighted by atomic mass is 9.90. The zero-order valence-electron chi connectivity index (χ0n) is 12.5. The van der Waals surface area contributed by atoms with Gasteiger partial charge in [0.05, 0.1) is 24.6 Å². The minimum atomic E-state index is -0.481. The summed E-state index contributed by atoms with van der Waals surface area (Å²) in [4.78, 5) is 12.6. The van der Waals surface area contributed by atoms with Crippen LogP contribution in [0.1, 0.15) is 23.4 Å². The Kier molecular flexibility index (Phi) is 3.88. The van der Waals surface area contributed by atoms with Crippen LogP contribution >= 0.6 is 11.6 Å². The third-order valence-electron chi connectivity index (χ3n) is 4.22. The van der Waals surface area contributed by atoms with Gasteiger partial charge in [0.2, 0.25) is 0 Å². The Morgan fingerprint density at radius 2 is 2.30 bits per heavy atom. The van der Waals surface area contributed by atoms with E-state index in [9.17, 15) is 0 Å². The summed E-state index contributed by atoms with van der Waals surface area (Å²) in [7, 11) is 0. The van der Waals surface area contributed by atoms with E-state index in [1.807, 2.05) is 6.07 Å². The van der Waals surface area contributed by atoms with E-state index in [0.717, 1.165) is 35.5 Å². The number of pyridine rings is 1. The van der Waals surface area contributed by atoms with E-state index in [0.29, 0.717) is 31.6 Å². The van der Waals surface area contributed by atoms with Gasteiger partial charge in [-0.3, -0.25) is 0 Å². The van der Waals surface area contributed by atoms with Gasteiger partial charge >= 0.3 is 0 Å². The molecule has 120 valence electrons. The van der Waals surface area contributed by atoms with Crippen molar-refractivity contribution in [3.05, 3.63) is 46.8 Å². The molecule has 0 amide bonds. The molecule has 0 aromatic carbocycles. The van der Waals surface area contributed by atoms with Gasteiger partial charge in [0.15, 0.2) is 0 Å². The Labute approximate surface area is 138 Å². The molecule has 2 aliphatic rings. The highest BCUT2D eigenvalue weighted by molar-refractivity contribution is 6.29. The van der Waals surface area contributed by atoms with Gasteiger partial charge < -0.3 is 14.2 Å². The fourth-order valence-corrected chi connectivity index (χ4v) is 3.27. The van der Waals surface area contributed by atoms with Crippen LogP contribution in [0.4, 0.5) is 0 Å². The van der Waals surface area contributed by atoms with Crippen molar-refractivity contribution in [1.82, 2.24) is 15.0 Å². The normalized spacial score (nSPS) is 23.0. The van der Waals surface area contributed by atoms with Crippen LogP contribution < -0.4 is 4.74 Å². The van der Waals surface area contributed by atoms with Crippen LogP contribution in [0.3, 0.4) is 0 Å². The molecule has 4 rings (SSSR count). The average Bonchev–Trinajstić information content (AvgIpc) is 3.04. The third-order valence-corrected chi connectivity index (χ3v) is 4.41. The van der Waals surface area contributed by atoms with Crippen LogP contribution in [0.5, 0.6) is 5.75 Å². The van der Waals surface area contributed by atoms with Gasteiger partial charge in [-0.15, -0.1) is 0 Å². The van der Waals surface area contributed by atoms with Gasteiger partial charge in [0.1, 0.15) is 29.4 Å². The maximum absolute atomic E-state index is 6.21. The first-order chi connectivity index (χ1) is 11.3. The number of ether oxygens (including phenoxy) is 3. The quantitative estimate of drug-likeness (QED) is 0.803. The van der Waals surface area contributed by atoms with Crippen LogP contribution in [-0.2, 0) is 28.1 Å². The van der Waals surface area contributed by atoms with Crippen molar-refractivity contribution >= 4 is 11.6 Å². The van der Waals surface area contributed by atoms with Crippen molar-refractivity contribution in [3.63, 3.8) is 0 Å². The molecule has 1 fully saturated rings. The Balaban J connectivity index is 1.67. The van der Waals surface area contributed by atoms with E-state index in [4.69, 9.17) is 25.8 Å². The molecule has 23 heavy (non-hydrogen) atoms. The lowest BCUT2D eigenvalue weighted by molar-refractivity contribution is -0.0670. The van der Waals surface area contributed by atoms with E-state index in [1.54, 1.807) is 12.3 Å². The SMILES string of the molecule is Clc1cc(OCc2ccncn2)c2c(n1)C1(CCOC1)OCC2. The number of fused-ring (bicyclic) bond motifs is 2. The highest BCUT2D eigenvalue weighted by Crippen LogP contribution is 2.42. The van der Waals surface area contributed by atoms with Crippen molar-refractivity contribution in [2.75, 3.05) is 19.8 Å². The van der Waals surface area contributed by atoms with Crippen molar-refractivity contribution in [3.8, 4) is 5.75 Å². The molecule has 4 heterocycles. The summed E-state index contributed by atoms with van der Waals surface area (Å²) >= 11 is 6.21. The molecule has 2 aromatic rings. The van der Waals surface area contributed by atoms with Gasteiger partial charge in [-0.25, -0.2) is 15.0 Å². The predicted octanol–water partition coefficient (Wildman–Crippen LogP) is 2.29. The summed E-state index contributed by atoms with van der Waals surface area (Å²) in [6, 6.07) is 3.58. The molecule has 0 bridgehead atoms. The molecule has 2 aliphatic heterocycles. The molecule has 6 nitrogen and oxygen atoms in total. The van der Waals surface area contributed by atoms with E-state index < -0.39 is 5.60 Å². The maximum atomic E-state index is 6.21. The summed E-state index contributed by atoms with van der Waals surface area (Å²) in [5, 5.41) is 0.401. The monoisotopic (exact) mass is 333 g/mol. The summed E-state index contributed by atoms with van der Waals surface area (Å²) in [5.41, 5.74) is 2.24. The van der Waals surface area contributed by atoms with Crippen molar-refractivity contribution in [2.45, 2.75) is 25.0 Å². The summed E-state index contributed by atoms with van der Waals surface area (Å²) < 4.78 is 17.5. The fraction of sp³-hybridized carbons (Fsp3) is 0.438. The largest absolute Gasteiger partial charge is 0.487 e. The number of nitrogens with zero attached hydrogens (tertiary/aromatic N) is 3. The lowest BCUT2D eigenvalue weighted by Crippen LogP contribution is -2.37. The molecule has 0 saturated carbocycles. The second-order valence-electron chi connectivity index (χ2n) is 5.66. The summed E-state index contributed by atoms with van der Waals surface area (Å²) in [5.74, 6) is 0.744. The minimum Gasteiger partial charge on any atom is -0.487 e. The molecule has 0 N–H and O–H groups in total. The molecule has 0 radical (unpaired) electrons. The molecule has 7 heteroatoms. The number of hydrogen-bond donors (Lipinski definition) is 0. The van der Waals surface area contributed by atoms with Crippen LogP contribution in [-0.4, -0.2) is 34.8 Å². The van der Waals surface area contributed by atoms with Crippen LogP contribution in [0.25, 0.3) is 0 Å². The summed E-state index contributed by atoms with van der Waals surface area (Å²) in [6.07, 6.45) is 4.74. The smallest absolute Gasteiger partial charge is 0.136 e. The third kappa shape index (κ3) is 2.78. The molecule has 1 unspecified atom stereocenters. The Hall–Kier alpha value is -1.76.